The minimum absolute atomic E-state index is 0.0412. The van der Waals surface area contributed by atoms with Crippen LogP contribution in [0.3, 0.4) is 0 Å². The number of rotatable bonds is 3. The first kappa shape index (κ1) is 28.5. The van der Waals surface area contributed by atoms with Crippen LogP contribution in [0.15, 0.2) is 18.2 Å². The van der Waals surface area contributed by atoms with Crippen molar-refractivity contribution in [2.45, 2.75) is 71.1 Å². The van der Waals surface area contributed by atoms with Gasteiger partial charge in [-0.05, 0) is 89.4 Å². The molecule has 3 heterocycles. The van der Waals surface area contributed by atoms with Crippen LogP contribution in [0.1, 0.15) is 77.9 Å². The zero-order chi connectivity index (χ0) is 28.0. The third-order valence-corrected chi connectivity index (χ3v) is 9.50. The molecule has 3 aliphatic rings. The highest BCUT2D eigenvalue weighted by molar-refractivity contribution is 7.15. The Kier molecular flexibility index (Phi) is 9.36. The maximum Gasteiger partial charge on any atom is 0.255 e. The van der Waals surface area contributed by atoms with Crippen LogP contribution in [0.2, 0.25) is 0 Å². The molecule has 216 valence electrons. The van der Waals surface area contributed by atoms with E-state index in [0.29, 0.717) is 75.0 Å². The summed E-state index contributed by atoms with van der Waals surface area (Å²) >= 11 is 1.61. The molecule has 0 atom stereocenters. The number of nitrogens with zero attached hydrogens (tertiary/aromatic N) is 2. The number of likely N-dealkylation sites (tertiary alicyclic amines) is 1. The molecule has 1 aromatic carbocycles. The molecule has 40 heavy (non-hydrogen) atoms. The molecule has 0 saturated carbocycles. The fourth-order valence-electron chi connectivity index (χ4n) is 6.04. The molecule has 1 aliphatic carbocycles. The third kappa shape index (κ3) is 6.83. The van der Waals surface area contributed by atoms with E-state index in [2.05, 4.69) is 25.8 Å². The summed E-state index contributed by atoms with van der Waals surface area (Å²) in [6.45, 7) is 5.14. The molecule has 0 bridgehead atoms. The number of hydrogen-bond donors (Lipinski definition) is 3. The van der Waals surface area contributed by atoms with E-state index in [0.717, 1.165) is 43.4 Å². The number of fused-ring (bicyclic) bond motifs is 2. The van der Waals surface area contributed by atoms with Gasteiger partial charge in [0.05, 0.1) is 29.8 Å². The number of hydrogen-bond acceptors (Lipinski definition) is 7. The van der Waals surface area contributed by atoms with Crippen molar-refractivity contribution in [3.8, 4) is 5.75 Å². The number of aromatic nitrogens is 1. The largest absolute Gasteiger partial charge is 0.492 e. The predicted molar refractivity (Wildman–Crippen MR) is 156 cm³/mol. The lowest BCUT2D eigenvalue weighted by molar-refractivity contribution is -0.134. The number of thiazole rings is 1. The zero-order valence-electron chi connectivity index (χ0n) is 23.5. The number of anilines is 1. The lowest BCUT2D eigenvalue weighted by Gasteiger charge is -2.40. The van der Waals surface area contributed by atoms with Gasteiger partial charge in [-0.15, -0.1) is 11.3 Å². The Morgan fingerprint density at radius 1 is 1.05 bits per heavy atom. The van der Waals surface area contributed by atoms with Crippen molar-refractivity contribution < 1.29 is 19.1 Å². The molecule has 0 radical (unpaired) electrons. The minimum Gasteiger partial charge on any atom is -0.492 e. The van der Waals surface area contributed by atoms with E-state index in [9.17, 15) is 14.4 Å². The number of ether oxygens (including phenoxy) is 1. The van der Waals surface area contributed by atoms with Gasteiger partial charge in [0.2, 0.25) is 11.8 Å². The van der Waals surface area contributed by atoms with Crippen LogP contribution in [0.5, 0.6) is 5.75 Å². The van der Waals surface area contributed by atoms with Gasteiger partial charge in [0.1, 0.15) is 5.75 Å². The molecule has 1 fully saturated rings. The molecule has 9 nitrogen and oxygen atoms in total. The van der Waals surface area contributed by atoms with Gasteiger partial charge in [-0.25, -0.2) is 4.98 Å². The molecule has 1 saturated heterocycles. The zero-order valence-corrected chi connectivity index (χ0v) is 24.3. The average Bonchev–Trinajstić information content (AvgIpc) is 3.35. The number of carbonyl (C=O) groups is 3. The molecular weight excluding hydrogens is 526 g/mol. The maximum atomic E-state index is 13.5. The number of para-hydroxylation sites is 1. The second-order valence-electron chi connectivity index (χ2n) is 11.3. The van der Waals surface area contributed by atoms with Crippen molar-refractivity contribution in [2.75, 3.05) is 44.6 Å². The van der Waals surface area contributed by atoms with Gasteiger partial charge in [0.15, 0.2) is 5.13 Å². The van der Waals surface area contributed by atoms with Crippen molar-refractivity contribution in [1.82, 2.24) is 20.5 Å². The van der Waals surface area contributed by atoms with Crippen molar-refractivity contribution in [3.05, 3.63) is 39.9 Å². The summed E-state index contributed by atoms with van der Waals surface area (Å²) in [5.41, 5.74) is 2.17. The maximum absolute atomic E-state index is 13.5. The summed E-state index contributed by atoms with van der Waals surface area (Å²) in [7, 11) is 0. The van der Waals surface area contributed by atoms with E-state index < -0.39 is 5.41 Å². The summed E-state index contributed by atoms with van der Waals surface area (Å²) in [4.78, 5) is 47.2. The van der Waals surface area contributed by atoms with E-state index in [1.54, 1.807) is 17.4 Å². The van der Waals surface area contributed by atoms with Crippen molar-refractivity contribution >= 4 is 34.2 Å². The topological polar surface area (TPSA) is 113 Å². The van der Waals surface area contributed by atoms with Crippen molar-refractivity contribution in [3.63, 3.8) is 0 Å². The number of benzene rings is 1. The number of aryl methyl sites for hydroxylation is 3. The second-order valence-corrected chi connectivity index (χ2v) is 12.4. The first-order chi connectivity index (χ1) is 19.4. The third-order valence-electron chi connectivity index (χ3n) is 8.43. The summed E-state index contributed by atoms with van der Waals surface area (Å²) in [5, 5.41) is 9.90. The molecule has 1 spiro atoms. The minimum atomic E-state index is -0.452. The lowest BCUT2D eigenvalue weighted by atomic mass is 9.73. The Bertz CT molecular complexity index is 1200. The van der Waals surface area contributed by atoms with Gasteiger partial charge in [-0.3, -0.25) is 19.3 Å². The Labute approximate surface area is 240 Å². The first-order valence-electron chi connectivity index (χ1n) is 14.7. The predicted octanol–water partition coefficient (Wildman–Crippen LogP) is 3.85. The van der Waals surface area contributed by atoms with Gasteiger partial charge in [0, 0.05) is 18.0 Å². The standard InChI is InChI=1S/C30H41N5O4S/c1-21-8-6-9-22-26(21)39-19-7-16-32-28(38)30(12-4-5-15-31-27(22)37)13-17-35(18-14-30)20-25(36)34-29-33-23-10-2-3-11-24(23)40-29/h6,8-9H,2-5,7,10-20H2,1H3,(H,31,37)(H,32,38)(H,33,34,36). The number of amides is 3. The quantitative estimate of drug-likeness (QED) is 0.520. The van der Waals surface area contributed by atoms with E-state index in [4.69, 9.17) is 4.74 Å². The Morgan fingerprint density at radius 2 is 1.85 bits per heavy atom. The van der Waals surface area contributed by atoms with E-state index >= 15 is 0 Å². The van der Waals surface area contributed by atoms with Crippen LogP contribution in [-0.2, 0) is 22.4 Å². The van der Waals surface area contributed by atoms with Crippen LogP contribution < -0.4 is 20.7 Å². The van der Waals surface area contributed by atoms with Crippen LogP contribution in [0.25, 0.3) is 0 Å². The molecule has 3 N–H and O–H groups in total. The molecule has 2 aliphatic heterocycles. The van der Waals surface area contributed by atoms with Crippen LogP contribution in [0, 0.1) is 12.3 Å². The number of nitrogens with one attached hydrogen (secondary N) is 3. The summed E-state index contributed by atoms with van der Waals surface area (Å²) in [6, 6.07) is 5.61. The van der Waals surface area contributed by atoms with Gasteiger partial charge >= 0.3 is 0 Å². The Balaban J connectivity index is 1.15. The molecule has 3 amide bonds. The Morgan fingerprint density at radius 3 is 2.67 bits per heavy atom. The first-order valence-corrected chi connectivity index (χ1v) is 15.5. The summed E-state index contributed by atoms with van der Waals surface area (Å²) in [5.74, 6) is 0.548. The number of carbonyl (C=O) groups excluding carboxylic acids is 3. The second kappa shape index (κ2) is 13.1. The molecule has 1 aromatic heterocycles. The molecule has 5 rings (SSSR count). The Hall–Kier alpha value is -2.98. The summed E-state index contributed by atoms with van der Waals surface area (Å²) < 4.78 is 5.99. The smallest absolute Gasteiger partial charge is 0.255 e. The fraction of sp³-hybridized carbons (Fsp3) is 0.600. The van der Waals surface area contributed by atoms with Gasteiger partial charge < -0.3 is 20.7 Å². The van der Waals surface area contributed by atoms with Gasteiger partial charge in [-0.2, -0.15) is 0 Å². The van der Waals surface area contributed by atoms with E-state index in [-0.39, 0.29) is 17.7 Å². The molecule has 2 aromatic rings. The van der Waals surface area contributed by atoms with Crippen LogP contribution in [-0.4, -0.2) is 66.9 Å². The monoisotopic (exact) mass is 567 g/mol. The van der Waals surface area contributed by atoms with Crippen molar-refractivity contribution in [2.24, 2.45) is 5.41 Å². The van der Waals surface area contributed by atoms with E-state index in [1.165, 1.54) is 17.7 Å². The highest BCUT2D eigenvalue weighted by atomic mass is 32.1. The highest BCUT2D eigenvalue weighted by Gasteiger charge is 2.41. The van der Waals surface area contributed by atoms with Gasteiger partial charge in [0.25, 0.3) is 5.91 Å². The van der Waals surface area contributed by atoms with Crippen molar-refractivity contribution in [1.29, 1.82) is 0 Å². The normalized spacial score (nSPS) is 20.6. The molecular formula is C30H41N5O4S. The van der Waals surface area contributed by atoms with Crippen LogP contribution >= 0.6 is 11.3 Å². The van der Waals surface area contributed by atoms with Crippen LogP contribution in [0.4, 0.5) is 5.13 Å². The lowest BCUT2D eigenvalue weighted by Crippen LogP contribution is -2.50. The highest BCUT2D eigenvalue weighted by Crippen LogP contribution is 2.37. The molecule has 10 heteroatoms. The average molecular weight is 568 g/mol. The SMILES string of the molecule is Cc1cccc2c1OCCCNC(=O)C1(CCCCNC2=O)CCN(CC(=O)Nc2nc3c(s2)CCCC3)CC1. The fourth-order valence-corrected chi connectivity index (χ4v) is 7.11. The summed E-state index contributed by atoms with van der Waals surface area (Å²) in [6.07, 6.45) is 8.93. The molecule has 0 unspecified atom stereocenters. The number of piperidine rings is 1. The van der Waals surface area contributed by atoms with E-state index in [1.807, 2.05) is 19.1 Å². The van der Waals surface area contributed by atoms with Gasteiger partial charge in [-0.1, -0.05) is 18.6 Å².